The average Bonchev–Trinajstić information content (AvgIpc) is 3.54. The van der Waals surface area contributed by atoms with Crippen LogP contribution < -0.4 is 10.6 Å². The fourth-order valence-electron chi connectivity index (χ4n) is 4.89. The summed E-state index contributed by atoms with van der Waals surface area (Å²) in [6, 6.07) is 11.8. The number of para-hydroxylation sites is 1. The van der Waals surface area contributed by atoms with Crippen LogP contribution in [0.15, 0.2) is 42.5 Å². The predicted octanol–water partition coefficient (Wildman–Crippen LogP) is 6.47. The van der Waals surface area contributed by atoms with Gasteiger partial charge in [-0.15, -0.1) is 0 Å². The van der Waals surface area contributed by atoms with Gasteiger partial charge in [0.1, 0.15) is 17.7 Å². The van der Waals surface area contributed by atoms with Crippen molar-refractivity contribution in [2.24, 2.45) is 11.8 Å². The van der Waals surface area contributed by atoms with Crippen molar-refractivity contribution in [1.82, 2.24) is 10.2 Å². The molecule has 2 aromatic rings. The zero-order valence-corrected chi connectivity index (χ0v) is 24.9. The van der Waals surface area contributed by atoms with E-state index in [0.717, 1.165) is 34.4 Å². The average molecular weight is 536 g/mol. The molecule has 1 aliphatic rings. The van der Waals surface area contributed by atoms with Crippen molar-refractivity contribution >= 4 is 23.6 Å². The van der Waals surface area contributed by atoms with Crippen LogP contribution in [-0.4, -0.2) is 40.5 Å². The number of alkyl carbamates (subject to hydrolysis) is 1. The Morgan fingerprint density at radius 1 is 1.00 bits per heavy atom. The van der Waals surface area contributed by atoms with E-state index in [1.807, 2.05) is 77.1 Å². The topological polar surface area (TPSA) is 87.7 Å². The van der Waals surface area contributed by atoms with E-state index in [4.69, 9.17) is 4.74 Å². The third-order valence-electron chi connectivity index (χ3n) is 7.02. The first kappa shape index (κ1) is 30.2. The third-order valence-corrected chi connectivity index (χ3v) is 7.02. The predicted molar refractivity (Wildman–Crippen MR) is 155 cm³/mol. The first-order valence-corrected chi connectivity index (χ1v) is 13.9. The van der Waals surface area contributed by atoms with Crippen LogP contribution in [0.25, 0.3) is 0 Å². The summed E-state index contributed by atoms with van der Waals surface area (Å²) in [4.78, 5) is 43.0. The van der Waals surface area contributed by atoms with Gasteiger partial charge < -0.3 is 20.3 Å². The lowest BCUT2D eigenvalue weighted by atomic mass is 9.98. The molecule has 2 N–H and O–H groups in total. The Bertz CT molecular complexity index is 1160. The minimum absolute atomic E-state index is 0.109. The number of anilines is 1. The molecule has 3 amide bonds. The molecule has 212 valence electrons. The van der Waals surface area contributed by atoms with E-state index in [2.05, 4.69) is 17.6 Å². The van der Waals surface area contributed by atoms with Crippen molar-refractivity contribution in [3.05, 3.63) is 64.7 Å². The number of benzene rings is 2. The van der Waals surface area contributed by atoms with Crippen LogP contribution in [0, 0.1) is 32.6 Å². The van der Waals surface area contributed by atoms with E-state index in [-0.39, 0.29) is 29.7 Å². The van der Waals surface area contributed by atoms with Crippen LogP contribution in [0.5, 0.6) is 0 Å². The van der Waals surface area contributed by atoms with Crippen LogP contribution in [0.1, 0.15) is 82.7 Å². The minimum Gasteiger partial charge on any atom is -0.444 e. The summed E-state index contributed by atoms with van der Waals surface area (Å²) in [7, 11) is 0. The Hall–Kier alpha value is -3.35. The smallest absolute Gasteiger partial charge is 0.408 e. The number of aryl methyl sites for hydroxylation is 3. The quantitative estimate of drug-likeness (QED) is 0.385. The van der Waals surface area contributed by atoms with Gasteiger partial charge in [0.15, 0.2) is 0 Å². The molecular weight excluding hydrogens is 490 g/mol. The zero-order valence-electron chi connectivity index (χ0n) is 24.9. The molecule has 7 heteroatoms. The van der Waals surface area contributed by atoms with Crippen molar-refractivity contribution in [2.45, 2.75) is 98.9 Å². The number of hydrogen-bond acceptors (Lipinski definition) is 4. The lowest BCUT2D eigenvalue weighted by Gasteiger charge is -2.35. The van der Waals surface area contributed by atoms with E-state index >= 15 is 0 Å². The summed E-state index contributed by atoms with van der Waals surface area (Å²) in [5.41, 5.74) is 3.75. The summed E-state index contributed by atoms with van der Waals surface area (Å²) in [5, 5.41) is 5.95. The number of nitrogens with zero attached hydrogens (tertiary/aromatic N) is 1. The number of carbonyl (C=O) groups is 3. The molecule has 0 saturated heterocycles. The van der Waals surface area contributed by atoms with E-state index in [1.165, 1.54) is 0 Å². The van der Waals surface area contributed by atoms with E-state index < -0.39 is 23.8 Å². The summed E-state index contributed by atoms with van der Waals surface area (Å²) in [6.07, 6.45) is 0.581. The fraction of sp³-hybridized carbons (Fsp3) is 0.531. The monoisotopic (exact) mass is 535 g/mol. The van der Waals surface area contributed by atoms with Crippen molar-refractivity contribution in [2.75, 3.05) is 5.32 Å². The molecule has 1 aliphatic carbocycles. The molecule has 0 spiro atoms. The zero-order chi connectivity index (χ0) is 29.1. The molecule has 0 aliphatic heterocycles. The molecule has 0 heterocycles. The van der Waals surface area contributed by atoms with Crippen LogP contribution >= 0.6 is 0 Å². The van der Waals surface area contributed by atoms with Crippen LogP contribution in [0.3, 0.4) is 0 Å². The maximum Gasteiger partial charge on any atom is 0.408 e. The van der Waals surface area contributed by atoms with Gasteiger partial charge in [-0.3, -0.25) is 9.59 Å². The lowest BCUT2D eigenvalue weighted by Crippen LogP contribution is -2.53. The first-order valence-electron chi connectivity index (χ1n) is 13.9. The minimum atomic E-state index is -0.859. The third kappa shape index (κ3) is 8.07. The van der Waals surface area contributed by atoms with Gasteiger partial charge >= 0.3 is 6.09 Å². The fourth-order valence-corrected chi connectivity index (χ4v) is 4.89. The second-order valence-electron chi connectivity index (χ2n) is 12.4. The summed E-state index contributed by atoms with van der Waals surface area (Å²) < 4.78 is 5.49. The molecule has 4 unspecified atom stereocenters. The maximum absolute atomic E-state index is 14.4. The molecule has 4 atom stereocenters. The Kier molecular flexibility index (Phi) is 9.47. The second kappa shape index (κ2) is 12.2. The standard InChI is InChI=1S/C32H45N3O4/c1-19(2)17-25(33-31(38)39-32(7,8)9)30(37)35(26-18-23(26)6)28(24-15-13-20(3)14-16-24)29(36)34-27-21(4)11-10-12-22(27)5/h10-16,19,23,25-26,28H,17-18H2,1-9H3,(H,33,38)(H,34,36). The van der Waals surface area contributed by atoms with Crippen molar-refractivity contribution < 1.29 is 19.1 Å². The highest BCUT2D eigenvalue weighted by molar-refractivity contribution is 6.00. The number of ether oxygens (including phenoxy) is 1. The Morgan fingerprint density at radius 2 is 1.56 bits per heavy atom. The van der Waals surface area contributed by atoms with Crippen LogP contribution in [0.4, 0.5) is 10.5 Å². The van der Waals surface area contributed by atoms with Gasteiger partial charge in [-0.25, -0.2) is 4.79 Å². The molecule has 3 rings (SSSR count). The molecule has 1 fully saturated rings. The maximum atomic E-state index is 14.4. The number of hydrogen-bond donors (Lipinski definition) is 2. The molecule has 2 aromatic carbocycles. The second-order valence-corrected chi connectivity index (χ2v) is 12.4. The number of carbonyl (C=O) groups excluding carboxylic acids is 3. The summed E-state index contributed by atoms with van der Waals surface area (Å²) in [5.74, 6) is -0.167. The van der Waals surface area contributed by atoms with Gasteiger partial charge in [-0.2, -0.15) is 0 Å². The molecule has 39 heavy (non-hydrogen) atoms. The highest BCUT2D eigenvalue weighted by Crippen LogP contribution is 2.41. The van der Waals surface area contributed by atoms with Gasteiger partial charge in [-0.1, -0.05) is 68.8 Å². The van der Waals surface area contributed by atoms with E-state index in [0.29, 0.717) is 6.42 Å². The van der Waals surface area contributed by atoms with Crippen molar-refractivity contribution in [1.29, 1.82) is 0 Å². The number of rotatable bonds is 9. The van der Waals surface area contributed by atoms with Gasteiger partial charge in [0.05, 0.1) is 0 Å². The Labute approximate surface area is 233 Å². The van der Waals surface area contributed by atoms with Gasteiger partial charge in [-0.05, 0) is 82.9 Å². The molecule has 7 nitrogen and oxygen atoms in total. The van der Waals surface area contributed by atoms with Crippen LogP contribution in [0.2, 0.25) is 0 Å². The highest BCUT2D eigenvalue weighted by Gasteiger charge is 2.48. The Balaban J connectivity index is 2.04. The largest absolute Gasteiger partial charge is 0.444 e. The van der Waals surface area contributed by atoms with Crippen molar-refractivity contribution in [3.63, 3.8) is 0 Å². The lowest BCUT2D eigenvalue weighted by molar-refractivity contribution is -0.142. The van der Waals surface area contributed by atoms with Crippen molar-refractivity contribution in [3.8, 4) is 0 Å². The van der Waals surface area contributed by atoms with Crippen LogP contribution in [-0.2, 0) is 14.3 Å². The molecule has 0 aromatic heterocycles. The molecule has 0 bridgehead atoms. The SMILES string of the molecule is Cc1ccc(C(C(=O)Nc2c(C)cccc2C)N(C(=O)C(CC(C)C)NC(=O)OC(C)(C)C)C2CC2C)cc1. The Morgan fingerprint density at radius 3 is 2.05 bits per heavy atom. The summed E-state index contributed by atoms with van der Waals surface area (Å²) >= 11 is 0. The number of nitrogens with one attached hydrogen (secondary N) is 2. The highest BCUT2D eigenvalue weighted by atomic mass is 16.6. The van der Waals surface area contributed by atoms with Gasteiger partial charge in [0, 0.05) is 11.7 Å². The summed E-state index contributed by atoms with van der Waals surface area (Å²) in [6.45, 7) is 17.4. The van der Waals surface area contributed by atoms with E-state index in [1.54, 1.807) is 25.7 Å². The van der Waals surface area contributed by atoms with E-state index in [9.17, 15) is 14.4 Å². The van der Waals surface area contributed by atoms with Gasteiger partial charge in [0.25, 0.3) is 5.91 Å². The molecular formula is C32H45N3O4. The number of amides is 3. The first-order chi connectivity index (χ1) is 18.2. The van der Waals surface area contributed by atoms with Gasteiger partial charge in [0.2, 0.25) is 5.91 Å². The normalized spacial score (nSPS) is 18.2. The molecule has 0 radical (unpaired) electrons. The molecule has 1 saturated carbocycles.